The van der Waals surface area contributed by atoms with Crippen LogP contribution in [0.3, 0.4) is 0 Å². The van der Waals surface area contributed by atoms with E-state index in [1.54, 1.807) is 11.3 Å². The number of hydrogen-bond donors (Lipinski definition) is 0. The van der Waals surface area contributed by atoms with Gasteiger partial charge < -0.3 is 4.90 Å². The second kappa shape index (κ2) is 7.56. The van der Waals surface area contributed by atoms with Gasteiger partial charge in [-0.2, -0.15) is 0 Å². The molecule has 1 atom stereocenters. The van der Waals surface area contributed by atoms with Gasteiger partial charge in [-0.25, -0.2) is 4.98 Å². The summed E-state index contributed by atoms with van der Waals surface area (Å²) in [6, 6.07) is 18.0. The number of hydrogen-bond acceptors (Lipinski definition) is 4. The number of benzene rings is 2. The zero-order valence-corrected chi connectivity index (χ0v) is 15.8. The van der Waals surface area contributed by atoms with Crippen LogP contribution in [-0.2, 0) is 11.3 Å². The van der Waals surface area contributed by atoms with Crippen molar-refractivity contribution < 1.29 is 4.79 Å². The zero-order chi connectivity index (χ0) is 17.9. The van der Waals surface area contributed by atoms with E-state index in [9.17, 15) is 4.79 Å². The second-order valence-corrected chi connectivity index (χ2v) is 7.95. The van der Waals surface area contributed by atoms with Gasteiger partial charge in [-0.1, -0.05) is 42.5 Å². The summed E-state index contributed by atoms with van der Waals surface area (Å²) in [7, 11) is 2.03. The number of fused-ring (bicyclic) bond motifs is 1. The van der Waals surface area contributed by atoms with E-state index < -0.39 is 0 Å². The lowest BCUT2D eigenvalue weighted by atomic mass is 10.0. The Labute approximate surface area is 158 Å². The molecule has 1 saturated heterocycles. The van der Waals surface area contributed by atoms with Crippen LogP contribution in [-0.4, -0.2) is 40.8 Å². The summed E-state index contributed by atoms with van der Waals surface area (Å²) in [4.78, 5) is 22.1. The highest BCUT2D eigenvalue weighted by Gasteiger charge is 2.31. The van der Waals surface area contributed by atoms with Gasteiger partial charge in [-0.05, 0) is 37.6 Å². The topological polar surface area (TPSA) is 36.4 Å². The number of aromatic nitrogens is 1. The normalized spacial score (nSPS) is 15.7. The molecular formula is C21H23N3OS. The van der Waals surface area contributed by atoms with Crippen molar-refractivity contribution in [3.8, 4) is 0 Å². The lowest BCUT2D eigenvalue weighted by Crippen LogP contribution is -2.40. The molecule has 0 aliphatic carbocycles. The summed E-state index contributed by atoms with van der Waals surface area (Å²) in [6.45, 7) is 2.41. The molecule has 0 N–H and O–H groups in total. The van der Waals surface area contributed by atoms with Crippen LogP contribution in [0.5, 0.6) is 0 Å². The van der Waals surface area contributed by atoms with Crippen molar-refractivity contribution >= 4 is 27.5 Å². The predicted molar refractivity (Wildman–Crippen MR) is 106 cm³/mol. The fourth-order valence-electron chi connectivity index (χ4n) is 3.62. The molecule has 1 aliphatic rings. The number of rotatable bonds is 5. The van der Waals surface area contributed by atoms with Gasteiger partial charge in [0.25, 0.3) is 0 Å². The van der Waals surface area contributed by atoms with E-state index in [1.807, 2.05) is 60.5 Å². The molecule has 0 bridgehead atoms. The number of thiazole rings is 1. The van der Waals surface area contributed by atoms with E-state index in [4.69, 9.17) is 4.98 Å². The Morgan fingerprint density at radius 1 is 1.12 bits per heavy atom. The van der Waals surface area contributed by atoms with Crippen LogP contribution in [0, 0.1) is 0 Å². The summed E-state index contributed by atoms with van der Waals surface area (Å²) >= 11 is 1.70. The van der Waals surface area contributed by atoms with E-state index in [1.165, 1.54) is 4.70 Å². The fraction of sp³-hybridized carbons (Fsp3) is 0.333. The van der Waals surface area contributed by atoms with Crippen molar-refractivity contribution in [3.05, 3.63) is 65.2 Å². The van der Waals surface area contributed by atoms with Crippen LogP contribution in [0.2, 0.25) is 0 Å². The largest absolute Gasteiger partial charge is 0.341 e. The molecule has 4 nitrogen and oxygen atoms in total. The van der Waals surface area contributed by atoms with Gasteiger partial charge in [0, 0.05) is 13.1 Å². The van der Waals surface area contributed by atoms with Crippen molar-refractivity contribution in [3.63, 3.8) is 0 Å². The predicted octanol–water partition coefficient (Wildman–Crippen LogP) is 4.09. The second-order valence-electron chi connectivity index (χ2n) is 6.84. The molecule has 0 unspecified atom stereocenters. The zero-order valence-electron chi connectivity index (χ0n) is 15.0. The maximum absolute atomic E-state index is 13.2. The van der Waals surface area contributed by atoms with Crippen LogP contribution in [0.15, 0.2) is 54.6 Å². The van der Waals surface area contributed by atoms with Crippen molar-refractivity contribution in [2.24, 2.45) is 0 Å². The van der Waals surface area contributed by atoms with Gasteiger partial charge in [0.1, 0.15) is 11.0 Å². The van der Waals surface area contributed by atoms with E-state index in [0.29, 0.717) is 6.54 Å². The Kier molecular flexibility index (Phi) is 5.00. The average Bonchev–Trinajstić information content (AvgIpc) is 3.32. The highest BCUT2D eigenvalue weighted by Crippen LogP contribution is 2.28. The summed E-state index contributed by atoms with van der Waals surface area (Å²) < 4.78 is 1.19. The van der Waals surface area contributed by atoms with Crippen LogP contribution in [0.1, 0.15) is 29.5 Å². The molecule has 1 aliphatic heterocycles. The molecule has 1 fully saturated rings. The number of carbonyl (C=O) groups excluding carboxylic acids is 1. The van der Waals surface area contributed by atoms with Gasteiger partial charge in [0.05, 0.1) is 16.8 Å². The molecule has 1 amide bonds. The summed E-state index contributed by atoms with van der Waals surface area (Å²) in [5.74, 6) is 0.206. The Morgan fingerprint density at radius 3 is 2.54 bits per heavy atom. The molecule has 2 heterocycles. The van der Waals surface area contributed by atoms with Gasteiger partial charge in [0.15, 0.2) is 0 Å². The molecule has 0 saturated carbocycles. The smallest absolute Gasteiger partial charge is 0.244 e. The van der Waals surface area contributed by atoms with Gasteiger partial charge >= 0.3 is 0 Å². The third kappa shape index (κ3) is 3.50. The Morgan fingerprint density at radius 2 is 1.81 bits per heavy atom. The minimum atomic E-state index is -0.263. The molecule has 26 heavy (non-hydrogen) atoms. The average molecular weight is 366 g/mol. The van der Waals surface area contributed by atoms with Crippen molar-refractivity contribution in [2.45, 2.75) is 25.4 Å². The lowest BCUT2D eigenvalue weighted by Gasteiger charge is -2.30. The first-order chi connectivity index (χ1) is 12.7. The molecular weight excluding hydrogens is 342 g/mol. The number of likely N-dealkylation sites (tertiary alicyclic amines) is 1. The first-order valence-electron chi connectivity index (χ1n) is 9.11. The number of para-hydroxylation sites is 1. The third-order valence-corrected chi connectivity index (χ3v) is 5.95. The van der Waals surface area contributed by atoms with E-state index >= 15 is 0 Å². The Hall–Kier alpha value is -2.24. The molecule has 3 aromatic rings. The molecule has 0 spiro atoms. The van der Waals surface area contributed by atoms with Crippen molar-refractivity contribution in [1.29, 1.82) is 0 Å². The highest BCUT2D eigenvalue weighted by atomic mass is 32.1. The Bertz CT molecular complexity index is 853. The van der Waals surface area contributed by atoms with Crippen molar-refractivity contribution in [1.82, 2.24) is 14.8 Å². The quantitative estimate of drug-likeness (QED) is 0.683. The minimum absolute atomic E-state index is 0.206. The number of carbonyl (C=O) groups is 1. The number of nitrogens with zero attached hydrogens (tertiary/aromatic N) is 3. The summed E-state index contributed by atoms with van der Waals surface area (Å²) in [6.07, 6.45) is 2.21. The molecule has 4 rings (SSSR count). The molecule has 134 valence electrons. The van der Waals surface area contributed by atoms with E-state index in [2.05, 4.69) is 11.0 Å². The van der Waals surface area contributed by atoms with Gasteiger partial charge in [-0.3, -0.25) is 9.69 Å². The first-order valence-corrected chi connectivity index (χ1v) is 9.92. The number of amides is 1. The number of likely N-dealkylation sites (N-methyl/N-ethyl adjacent to an activating group) is 1. The monoisotopic (exact) mass is 365 g/mol. The summed E-state index contributed by atoms with van der Waals surface area (Å²) in [5, 5.41) is 1.05. The Balaban J connectivity index is 1.60. The van der Waals surface area contributed by atoms with Crippen LogP contribution < -0.4 is 0 Å². The first kappa shape index (κ1) is 17.2. The van der Waals surface area contributed by atoms with E-state index in [-0.39, 0.29) is 11.9 Å². The third-order valence-electron chi connectivity index (χ3n) is 4.93. The molecule has 5 heteroatoms. The lowest BCUT2D eigenvalue weighted by molar-refractivity contribution is -0.136. The standard InChI is InChI=1S/C21H23N3OS/c1-23(15-19-22-17-11-5-6-12-18(17)26-19)20(16-9-3-2-4-10-16)21(25)24-13-7-8-14-24/h2-6,9-12,20H,7-8,13-15H2,1H3/t20-/m0/s1. The van der Waals surface area contributed by atoms with Crippen LogP contribution >= 0.6 is 11.3 Å². The van der Waals surface area contributed by atoms with Gasteiger partial charge in [-0.15, -0.1) is 11.3 Å². The van der Waals surface area contributed by atoms with Crippen LogP contribution in [0.4, 0.5) is 0 Å². The SMILES string of the molecule is CN(Cc1nc2ccccc2s1)[C@H](C(=O)N1CCCC1)c1ccccc1. The molecule has 0 radical (unpaired) electrons. The summed E-state index contributed by atoms with van der Waals surface area (Å²) in [5.41, 5.74) is 2.08. The van der Waals surface area contributed by atoms with E-state index in [0.717, 1.165) is 42.0 Å². The molecule has 2 aromatic carbocycles. The fourth-order valence-corrected chi connectivity index (χ4v) is 4.65. The highest BCUT2D eigenvalue weighted by molar-refractivity contribution is 7.18. The van der Waals surface area contributed by atoms with Gasteiger partial charge in [0.2, 0.25) is 5.91 Å². The van der Waals surface area contributed by atoms with Crippen LogP contribution in [0.25, 0.3) is 10.2 Å². The molecule has 1 aromatic heterocycles. The maximum atomic E-state index is 13.2. The minimum Gasteiger partial charge on any atom is -0.341 e. The maximum Gasteiger partial charge on any atom is 0.244 e. The van der Waals surface area contributed by atoms with Crippen molar-refractivity contribution in [2.75, 3.05) is 20.1 Å².